The molecule has 0 aliphatic heterocycles. The zero-order valence-electron chi connectivity index (χ0n) is 33.1. The highest BCUT2D eigenvalue weighted by molar-refractivity contribution is 5.79. The van der Waals surface area contributed by atoms with Gasteiger partial charge in [0.15, 0.2) is 0 Å². The van der Waals surface area contributed by atoms with Gasteiger partial charge in [0.25, 0.3) is 0 Å². The Labute approximate surface area is 325 Å². The summed E-state index contributed by atoms with van der Waals surface area (Å²) in [6, 6.07) is 16.6. The monoisotopic (exact) mass is 759 g/mol. The molecule has 54 heavy (non-hydrogen) atoms. The molecule has 1 N–H and O–H groups in total. The van der Waals surface area contributed by atoms with E-state index in [1.807, 2.05) is 24.3 Å². The summed E-state index contributed by atoms with van der Waals surface area (Å²) >= 11 is 0. The van der Waals surface area contributed by atoms with E-state index in [0.29, 0.717) is 112 Å². The lowest BCUT2D eigenvalue weighted by Crippen LogP contribution is -2.29. The number of unbranched alkanes of at least 4 members (excludes halogenated alkanes) is 9. The Morgan fingerprint density at radius 2 is 0.815 bits per heavy atom. The first-order valence-electron chi connectivity index (χ1n) is 20.5. The van der Waals surface area contributed by atoms with Crippen molar-refractivity contribution in [1.29, 1.82) is 0 Å². The summed E-state index contributed by atoms with van der Waals surface area (Å²) in [6.45, 7) is 11.4. The number of carbonyl (C=O) groups is 1. The topological polar surface area (TPSA) is 112 Å². The van der Waals surface area contributed by atoms with Crippen LogP contribution in [0, 0.1) is 0 Å². The standard InChI is InChI=1S/C43H69NO10/c1-2-3-4-5-6-7-8-9-10-15-21-46-23-25-48-27-29-50-31-33-52-35-36-53-34-32-51-30-28-49-26-24-47-22-20-44-43(45)54-37-42-40-18-13-11-16-38(40)39-17-12-14-19-41(39)42/h11-14,16-19,42H,2-10,15,20-37H2,1H3,(H,44,45). The number of nitrogens with one attached hydrogen (secondary N) is 1. The Hall–Kier alpha value is -2.61. The van der Waals surface area contributed by atoms with Crippen LogP contribution in [-0.2, 0) is 42.6 Å². The summed E-state index contributed by atoms with van der Waals surface area (Å²) < 4.78 is 49.9. The van der Waals surface area contributed by atoms with Gasteiger partial charge in [-0.05, 0) is 28.7 Å². The van der Waals surface area contributed by atoms with Crippen LogP contribution in [0.1, 0.15) is 88.2 Å². The van der Waals surface area contributed by atoms with E-state index in [4.69, 9.17) is 42.6 Å². The second kappa shape index (κ2) is 32.6. The molecule has 0 aromatic heterocycles. The molecule has 0 bridgehead atoms. The molecule has 1 aliphatic carbocycles. The van der Waals surface area contributed by atoms with Gasteiger partial charge in [0.1, 0.15) is 6.61 Å². The Kier molecular flexibility index (Phi) is 27.6. The van der Waals surface area contributed by atoms with Gasteiger partial charge in [-0.25, -0.2) is 4.79 Å². The van der Waals surface area contributed by atoms with Crippen molar-refractivity contribution in [2.75, 3.05) is 119 Å². The molecule has 306 valence electrons. The number of carbonyl (C=O) groups excluding carboxylic acids is 1. The minimum Gasteiger partial charge on any atom is -0.449 e. The van der Waals surface area contributed by atoms with Crippen molar-refractivity contribution in [3.8, 4) is 11.1 Å². The number of rotatable bonds is 37. The van der Waals surface area contributed by atoms with Crippen molar-refractivity contribution in [2.24, 2.45) is 0 Å². The Bertz CT molecular complexity index is 1140. The van der Waals surface area contributed by atoms with Crippen LogP contribution in [0.15, 0.2) is 48.5 Å². The average Bonchev–Trinajstić information content (AvgIpc) is 3.52. The molecular weight excluding hydrogens is 690 g/mol. The molecule has 3 rings (SSSR count). The molecule has 0 unspecified atom stereocenters. The van der Waals surface area contributed by atoms with Gasteiger partial charge in [0, 0.05) is 19.1 Å². The van der Waals surface area contributed by atoms with E-state index in [0.717, 1.165) is 13.0 Å². The van der Waals surface area contributed by atoms with E-state index < -0.39 is 6.09 Å². The molecular formula is C43H69NO10. The number of hydrogen-bond donors (Lipinski definition) is 1. The van der Waals surface area contributed by atoms with Crippen molar-refractivity contribution < 1.29 is 47.4 Å². The van der Waals surface area contributed by atoms with Crippen LogP contribution in [0.3, 0.4) is 0 Å². The number of benzene rings is 2. The summed E-state index contributed by atoms with van der Waals surface area (Å²) in [6.07, 6.45) is 12.9. The van der Waals surface area contributed by atoms with Crippen LogP contribution in [0.4, 0.5) is 4.79 Å². The summed E-state index contributed by atoms with van der Waals surface area (Å²) in [5.41, 5.74) is 4.79. The Morgan fingerprint density at radius 1 is 0.463 bits per heavy atom. The van der Waals surface area contributed by atoms with Crippen LogP contribution in [-0.4, -0.2) is 125 Å². The third-order valence-corrected chi connectivity index (χ3v) is 9.11. The molecule has 2 aromatic rings. The lowest BCUT2D eigenvalue weighted by molar-refractivity contribution is -0.0230. The molecule has 0 fully saturated rings. The Morgan fingerprint density at radius 3 is 1.24 bits per heavy atom. The van der Waals surface area contributed by atoms with E-state index in [9.17, 15) is 4.79 Å². The fraction of sp³-hybridized carbons (Fsp3) is 0.698. The summed E-state index contributed by atoms with van der Waals surface area (Å²) in [4.78, 5) is 12.2. The predicted molar refractivity (Wildman–Crippen MR) is 211 cm³/mol. The van der Waals surface area contributed by atoms with Crippen LogP contribution < -0.4 is 5.32 Å². The van der Waals surface area contributed by atoms with Crippen molar-refractivity contribution in [3.05, 3.63) is 59.7 Å². The quantitative estimate of drug-likeness (QED) is 0.0693. The molecule has 11 heteroatoms. The molecule has 1 amide bonds. The zero-order valence-corrected chi connectivity index (χ0v) is 33.1. The predicted octanol–water partition coefficient (Wildman–Crippen LogP) is 7.58. The van der Waals surface area contributed by atoms with E-state index in [1.54, 1.807) is 0 Å². The van der Waals surface area contributed by atoms with Crippen molar-refractivity contribution in [3.63, 3.8) is 0 Å². The van der Waals surface area contributed by atoms with Crippen LogP contribution >= 0.6 is 0 Å². The van der Waals surface area contributed by atoms with Crippen LogP contribution in [0.5, 0.6) is 0 Å². The zero-order chi connectivity index (χ0) is 38.0. The molecule has 0 saturated heterocycles. The molecule has 0 spiro atoms. The average molecular weight is 760 g/mol. The number of fused-ring (bicyclic) bond motifs is 3. The number of ether oxygens (including phenoxy) is 9. The first-order chi connectivity index (χ1) is 26.8. The van der Waals surface area contributed by atoms with Crippen LogP contribution in [0.25, 0.3) is 11.1 Å². The third kappa shape index (κ3) is 21.5. The fourth-order valence-electron chi connectivity index (χ4n) is 6.21. The van der Waals surface area contributed by atoms with E-state index >= 15 is 0 Å². The first kappa shape index (κ1) is 45.8. The smallest absolute Gasteiger partial charge is 0.407 e. The highest BCUT2D eigenvalue weighted by Crippen LogP contribution is 2.44. The van der Waals surface area contributed by atoms with Gasteiger partial charge in [-0.3, -0.25) is 0 Å². The van der Waals surface area contributed by atoms with Gasteiger partial charge in [-0.1, -0.05) is 113 Å². The SMILES string of the molecule is CCCCCCCCCCCCOCCOCCOCCOCCOCCOCCOCCOCCNC(=O)OCC1c2ccccc2-c2ccccc21. The summed E-state index contributed by atoms with van der Waals surface area (Å²) in [5.74, 6) is 0.0423. The second-order valence-corrected chi connectivity index (χ2v) is 13.3. The normalized spacial score (nSPS) is 12.2. The summed E-state index contributed by atoms with van der Waals surface area (Å²) in [7, 11) is 0. The van der Waals surface area contributed by atoms with Crippen molar-refractivity contribution in [1.82, 2.24) is 5.32 Å². The highest BCUT2D eigenvalue weighted by Gasteiger charge is 2.28. The largest absolute Gasteiger partial charge is 0.449 e. The lowest BCUT2D eigenvalue weighted by atomic mass is 9.98. The number of amides is 1. The van der Waals surface area contributed by atoms with E-state index in [2.05, 4.69) is 36.5 Å². The van der Waals surface area contributed by atoms with Gasteiger partial charge in [-0.2, -0.15) is 0 Å². The van der Waals surface area contributed by atoms with Gasteiger partial charge < -0.3 is 47.9 Å². The molecule has 0 atom stereocenters. The highest BCUT2D eigenvalue weighted by atomic mass is 16.6. The number of alkyl carbamates (subject to hydrolysis) is 1. The molecule has 0 radical (unpaired) electrons. The minimum atomic E-state index is -0.446. The molecule has 2 aromatic carbocycles. The molecule has 1 aliphatic rings. The Balaban J connectivity index is 0.947. The maximum Gasteiger partial charge on any atom is 0.407 e. The van der Waals surface area contributed by atoms with E-state index in [1.165, 1.54) is 80.0 Å². The third-order valence-electron chi connectivity index (χ3n) is 9.11. The van der Waals surface area contributed by atoms with E-state index in [-0.39, 0.29) is 5.92 Å². The second-order valence-electron chi connectivity index (χ2n) is 13.3. The first-order valence-corrected chi connectivity index (χ1v) is 20.5. The summed E-state index contributed by atoms with van der Waals surface area (Å²) in [5, 5.41) is 2.75. The molecule has 0 saturated carbocycles. The van der Waals surface area contributed by atoms with Gasteiger partial charge in [-0.15, -0.1) is 0 Å². The maximum absolute atomic E-state index is 12.2. The van der Waals surface area contributed by atoms with Gasteiger partial charge in [0.05, 0.1) is 99.1 Å². The van der Waals surface area contributed by atoms with Crippen LogP contribution in [0.2, 0.25) is 0 Å². The molecule has 0 heterocycles. The minimum absolute atomic E-state index is 0.0423. The van der Waals surface area contributed by atoms with Crippen molar-refractivity contribution >= 4 is 6.09 Å². The molecule has 11 nitrogen and oxygen atoms in total. The number of hydrogen-bond acceptors (Lipinski definition) is 10. The fourth-order valence-corrected chi connectivity index (χ4v) is 6.21. The maximum atomic E-state index is 12.2. The van der Waals surface area contributed by atoms with Gasteiger partial charge >= 0.3 is 6.09 Å². The van der Waals surface area contributed by atoms with Gasteiger partial charge in [0.2, 0.25) is 0 Å². The van der Waals surface area contributed by atoms with Crippen molar-refractivity contribution in [2.45, 2.75) is 77.0 Å². The lowest BCUT2D eigenvalue weighted by Gasteiger charge is -2.14.